The number of rotatable bonds is 3. The molecule has 0 radical (unpaired) electrons. The van der Waals surface area contributed by atoms with Crippen molar-refractivity contribution >= 4 is 23.7 Å². The molecule has 2 N–H and O–H groups in total. The van der Waals surface area contributed by atoms with Gasteiger partial charge in [-0.3, -0.25) is 14.5 Å². The minimum absolute atomic E-state index is 0.246. The van der Waals surface area contributed by atoms with E-state index in [1.165, 1.54) is 0 Å². The molecule has 0 aromatic heterocycles. The zero-order chi connectivity index (χ0) is 19.9. The van der Waals surface area contributed by atoms with Gasteiger partial charge in [-0.05, 0) is 36.8 Å². The summed E-state index contributed by atoms with van der Waals surface area (Å²) in [4.78, 5) is 41.8. The molecule has 2 saturated heterocycles. The van der Waals surface area contributed by atoms with E-state index in [0.29, 0.717) is 32.6 Å². The van der Waals surface area contributed by atoms with Gasteiger partial charge >= 0.3 is 12.1 Å². The molecule has 3 aliphatic rings. The van der Waals surface area contributed by atoms with Crippen molar-refractivity contribution in [2.45, 2.75) is 25.3 Å². The minimum atomic E-state index is -1.21. The molecule has 3 fully saturated rings. The monoisotopic (exact) mass is 387 g/mol. The molecule has 0 bridgehead atoms. The van der Waals surface area contributed by atoms with Gasteiger partial charge in [0.1, 0.15) is 6.04 Å². The summed E-state index contributed by atoms with van der Waals surface area (Å²) in [7, 11) is 0. The van der Waals surface area contributed by atoms with Crippen molar-refractivity contribution in [1.82, 2.24) is 9.80 Å². The number of carbonyl (C=O) groups is 3. The van der Waals surface area contributed by atoms with Gasteiger partial charge < -0.3 is 20.0 Å². The fraction of sp³-hybridized carbons (Fsp3) is 0.550. The number of benzene rings is 1. The summed E-state index contributed by atoms with van der Waals surface area (Å²) in [6.45, 7) is 2.44. The maximum Gasteiger partial charge on any atom is 0.408 e. The van der Waals surface area contributed by atoms with Crippen molar-refractivity contribution in [3.8, 4) is 0 Å². The number of hydrogen-bond acceptors (Lipinski definition) is 4. The Bertz CT molecular complexity index is 745. The van der Waals surface area contributed by atoms with Gasteiger partial charge in [-0.1, -0.05) is 18.2 Å². The van der Waals surface area contributed by atoms with Crippen LogP contribution in [0.2, 0.25) is 0 Å². The summed E-state index contributed by atoms with van der Waals surface area (Å²) in [6, 6.07) is 8.77. The molecule has 1 aliphatic carbocycles. The van der Waals surface area contributed by atoms with Crippen molar-refractivity contribution in [3.05, 3.63) is 30.3 Å². The van der Waals surface area contributed by atoms with E-state index in [4.69, 9.17) is 0 Å². The van der Waals surface area contributed by atoms with E-state index in [-0.39, 0.29) is 17.9 Å². The first-order valence-electron chi connectivity index (χ1n) is 9.71. The highest BCUT2D eigenvalue weighted by atomic mass is 16.4. The van der Waals surface area contributed by atoms with E-state index in [1.54, 1.807) is 4.90 Å². The molecular weight excluding hydrogens is 362 g/mol. The Morgan fingerprint density at radius 2 is 1.61 bits per heavy atom. The topological polar surface area (TPSA) is 101 Å². The quantitative estimate of drug-likeness (QED) is 0.816. The average Bonchev–Trinajstić information content (AvgIpc) is 3.46. The van der Waals surface area contributed by atoms with Crippen LogP contribution >= 0.6 is 0 Å². The number of carbonyl (C=O) groups excluding carboxylic acids is 1. The normalized spacial score (nSPS) is 26.2. The number of nitrogens with zero attached hydrogens (tertiary/aromatic N) is 3. The second-order valence-corrected chi connectivity index (χ2v) is 8.15. The van der Waals surface area contributed by atoms with Crippen LogP contribution < -0.4 is 4.90 Å². The second kappa shape index (κ2) is 7.00. The largest absolute Gasteiger partial charge is 0.481 e. The Labute approximate surface area is 163 Å². The van der Waals surface area contributed by atoms with Crippen molar-refractivity contribution in [1.29, 1.82) is 0 Å². The van der Waals surface area contributed by atoms with E-state index in [0.717, 1.165) is 23.4 Å². The predicted molar refractivity (Wildman–Crippen MR) is 101 cm³/mol. The predicted octanol–water partition coefficient (Wildman–Crippen LogP) is 1.57. The SMILES string of the molecule is O=C(O)[C@H]1CC2(CC2)CN(C(=O)O)[C@@H]1C(=O)N1CCN(c2ccccc2)CC1. The summed E-state index contributed by atoms with van der Waals surface area (Å²) < 4.78 is 0. The van der Waals surface area contributed by atoms with E-state index in [1.807, 2.05) is 30.3 Å². The lowest BCUT2D eigenvalue weighted by Gasteiger charge is -2.44. The average molecular weight is 387 g/mol. The summed E-state index contributed by atoms with van der Waals surface area (Å²) in [6.07, 6.45) is 0.833. The molecule has 1 aromatic carbocycles. The fourth-order valence-electron chi connectivity index (χ4n) is 4.58. The lowest BCUT2D eigenvalue weighted by Crippen LogP contribution is -2.62. The number of piperazine rings is 1. The van der Waals surface area contributed by atoms with Crippen LogP contribution in [0.1, 0.15) is 19.3 Å². The highest BCUT2D eigenvalue weighted by Gasteiger charge is 2.57. The van der Waals surface area contributed by atoms with Gasteiger partial charge in [0.25, 0.3) is 0 Å². The molecule has 2 aliphatic heterocycles. The van der Waals surface area contributed by atoms with Gasteiger partial charge in [0, 0.05) is 38.4 Å². The highest BCUT2D eigenvalue weighted by Crippen LogP contribution is 2.55. The minimum Gasteiger partial charge on any atom is -0.481 e. The molecule has 150 valence electrons. The van der Waals surface area contributed by atoms with Gasteiger partial charge in [0.15, 0.2) is 0 Å². The van der Waals surface area contributed by atoms with Gasteiger partial charge in [0.2, 0.25) is 5.91 Å². The lowest BCUT2D eigenvalue weighted by atomic mass is 9.80. The van der Waals surface area contributed by atoms with Crippen molar-refractivity contribution in [2.24, 2.45) is 11.3 Å². The molecule has 8 nitrogen and oxygen atoms in total. The Morgan fingerprint density at radius 3 is 2.14 bits per heavy atom. The number of anilines is 1. The molecule has 2 heterocycles. The Kier molecular flexibility index (Phi) is 4.64. The van der Waals surface area contributed by atoms with E-state index < -0.39 is 24.0 Å². The zero-order valence-corrected chi connectivity index (χ0v) is 15.7. The van der Waals surface area contributed by atoms with Crippen LogP contribution in [0.5, 0.6) is 0 Å². The summed E-state index contributed by atoms with van der Waals surface area (Å²) in [5.74, 6) is -2.44. The number of piperidine rings is 1. The van der Waals surface area contributed by atoms with Crippen LogP contribution in [0.3, 0.4) is 0 Å². The molecule has 1 saturated carbocycles. The number of carboxylic acid groups (broad SMARTS) is 2. The molecule has 2 amide bonds. The number of likely N-dealkylation sites (tertiary alicyclic amines) is 1. The van der Waals surface area contributed by atoms with Crippen LogP contribution in [0, 0.1) is 11.3 Å². The van der Waals surface area contributed by atoms with Crippen molar-refractivity contribution in [2.75, 3.05) is 37.6 Å². The van der Waals surface area contributed by atoms with Gasteiger partial charge in [-0.15, -0.1) is 0 Å². The number of aliphatic carboxylic acids is 1. The molecule has 1 aromatic rings. The Balaban J connectivity index is 1.49. The molecule has 4 rings (SSSR count). The van der Waals surface area contributed by atoms with Crippen LogP contribution in [0.25, 0.3) is 0 Å². The van der Waals surface area contributed by atoms with Crippen LogP contribution in [-0.2, 0) is 9.59 Å². The third-order valence-corrected chi connectivity index (χ3v) is 6.36. The smallest absolute Gasteiger partial charge is 0.408 e. The second-order valence-electron chi connectivity index (χ2n) is 8.15. The van der Waals surface area contributed by atoms with Gasteiger partial charge in [-0.25, -0.2) is 4.79 Å². The summed E-state index contributed by atoms with van der Waals surface area (Å²) in [5, 5.41) is 19.4. The Morgan fingerprint density at radius 1 is 0.964 bits per heavy atom. The molecule has 2 atom stereocenters. The summed E-state index contributed by atoms with van der Waals surface area (Å²) in [5.41, 5.74) is 0.836. The molecular formula is C20H25N3O5. The maximum atomic E-state index is 13.2. The third-order valence-electron chi connectivity index (χ3n) is 6.36. The van der Waals surface area contributed by atoms with E-state index in [2.05, 4.69) is 4.90 Å². The number of amides is 2. The summed E-state index contributed by atoms with van der Waals surface area (Å²) >= 11 is 0. The van der Waals surface area contributed by atoms with Gasteiger partial charge in [-0.2, -0.15) is 0 Å². The molecule has 0 unspecified atom stereocenters. The number of hydrogen-bond donors (Lipinski definition) is 2. The number of para-hydroxylation sites is 1. The van der Waals surface area contributed by atoms with Crippen molar-refractivity contribution in [3.63, 3.8) is 0 Å². The fourth-order valence-corrected chi connectivity index (χ4v) is 4.58. The van der Waals surface area contributed by atoms with Crippen LogP contribution in [0.15, 0.2) is 30.3 Å². The highest BCUT2D eigenvalue weighted by molar-refractivity contribution is 5.91. The molecule has 28 heavy (non-hydrogen) atoms. The molecule has 1 spiro atoms. The van der Waals surface area contributed by atoms with Gasteiger partial charge in [0.05, 0.1) is 5.92 Å². The lowest BCUT2D eigenvalue weighted by molar-refractivity contribution is -0.155. The first kappa shape index (κ1) is 18.6. The van der Waals surface area contributed by atoms with Crippen molar-refractivity contribution < 1.29 is 24.6 Å². The van der Waals surface area contributed by atoms with E-state index in [9.17, 15) is 24.6 Å². The van der Waals surface area contributed by atoms with Crippen LogP contribution in [0.4, 0.5) is 10.5 Å². The molecule has 8 heteroatoms. The maximum absolute atomic E-state index is 13.2. The third kappa shape index (κ3) is 3.39. The zero-order valence-electron chi connectivity index (χ0n) is 15.7. The number of carboxylic acids is 1. The Hall–Kier alpha value is -2.77. The first-order valence-corrected chi connectivity index (χ1v) is 9.71. The van der Waals surface area contributed by atoms with E-state index >= 15 is 0 Å². The van der Waals surface area contributed by atoms with Crippen LogP contribution in [-0.4, -0.2) is 76.7 Å². The first-order chi connectivity index (χ1) is 13.4. The standard InChI is InChI=1S/C20H25N3O5/c24-17(22-10-8-21(9-11-22)14-4-2-1-3-5-14)16-15(18(25)26)12-20(6-7-20)13-23(16)19(27)28/h1-5,15-16H,6-13H2,(H,25,26)(H,27,28)/t15-,16-/m0/s1.